The summed E-state index contributed by atoms with van der Waals surface area (Å²) in [5.74, 6) is 0.150. The summed E-state index contributed by atoms with van der Waals surface area (Å²) in [7, 11) is 0. The first-order valence-corrected chi connectivity index (χ1v) is 8.44. The fourth-order valence-electron chi connectivity index (χ4n) is 3.54. The molecule has 0 spiro atoms. The third-order valence-corrected chi connectivity index (χ3v) is 4.83. The third-order valence-electron chi connectivity index (χ3n) is 4.83. The van der Waals surface area contributed by atoms with Gasteiger partial charge in [0.25, 0.3) is 0 Å². The molecule has 4 heteroatoms. The Morgan fingerprint density at radius 1 is 1.12 bits per heavy atom. The van der Waals surface area contributed by atoms with Gasteiger partial charge in [-0.2, -0.15) is 0 Å². The second kappa shape index (κ2) is 6.49. The van der Waals surface area contributed by atoms with E-state index in [1.165, 1.54) is 16.5 Å². The van der Waals surface area contributed by atoms with Crippen LogP contribution in [0.4, 0.5) is 0 Å². The van der Waals surface area contributed by atoms with E-state index in [1.807, 2.05) is 12.1 Å². The van der Waals surface area contributed by atoms with E-state index in [9.17, 15) is 4.79 Å². The molecule has 0 unspecified atom stereocenters. The maximum Gasteiger partial charge on any atom is 0.364 e. The molecular formula is C20H21N2O2+. The highest BCUT2D eigenvalue weighted by Gasteiger charge is 2.31. The van der Waals surface area contributed by atoms with Crippen LogP contribution >= 0.6 is 0 Å². The molecule has 0 bridgehead atoms. The summed E-state index contributed by atoms with van der Waals surface area (Å²) in [6, 6.07) is 18.8. The molecule has 1 fully saturated rings. The minimum Gasteiger partial charge on any atom is -0.461 e. The van der Waals surface area contributed by atoms with Crippen molar-refractivity contribution < 1.29 is 14.8 Å². The van der Waals surface area contributed by atoms with Gasteiger partial charge in [0.15, 0.2) is 6.04 Å². The molecule has 24 heavy (non-hydrogen) atoms. The minimum atomic E-state index is -0.0826. The quantitative estimate of drug-likeness (QED) is 0.708. The lowest BCUT2D eigenvalue weighted by Crippen LogP contribution is -2.92. The van der Waals surface area contributed by atoms with E-state index in [1.54, 1.807) is 0 Å². The number of cyclic esters (lactones) is 1. The zero-order chi connectivity index (χ0) is 16.4. The monoisotopic (exact) mass is 321 g/mol. The second-order valence-corrected chi connectivity index (χ2v) is 6.29. The number of carbonyl (C=O) groups is 1. The van der Waals surface area contributed by atoms with Crippen molar-refractivity contribution >= 4 is 16.9 Å². The Labute approximate surface area is 140 Å². The van der Waals surface area contributed by atoms with Crippen LogP contribution in [0.5, 0.6) is 0 Å². The number of nitrogens with one attached hydrogen (secondary N) is 1. The number of quaternary nitrogens is 1. The fourth-order valence-corrected chi connectivity index (χ4v) is 3.54. The molecule has 122 valence electrons. The predicted molar refractivity (Wildman–Crippen MR) is 92.7 cm³/mol. The van der Waals surface area contributed by atoms with E-state index >= 15 is 0 Å². The van der Waals surface area contributed by atoms with Crippen molar-refractivity contribution in [3.05, 3.63) is 71.9 Å². The number of para-hydroxylation sites is 1. The van der Waals surface area contributed by atoms with E-state index in [-0.39, 0.29) is 17.9 Å². The molecule has 2 atom stereocenters. The number of hydrogen-bond acceptors (Lipinski definition) is 2. The minimum absolute atomic E-state index is 0.0681. The highest BCUT2D eigenvalue weighted by atomic mass is 16.5. The van der Waals surface area contributed by atoms with Crippen LogP contribution in [0.25, 0.3) is 10.9 Å². The van der Waals surface area contributed by atoms with Crippen LogP contribution in [0.1, 0.15) is 23.5 Å². The van der Waals surface area contributed by atoms with Crippen LogP contribution in [-0.2, 0) is 9.53 Å². The van der Waals surface area contributed by atoms with Crippen LogP contribution in [0.2, 0.25) is 0 Å². The van der Waals surface area contributed by atoms with E-state index in [2.05, 4.69) is 59.0 Å². The number of H-pyrrole nitrogens is 1. The van der Waals surface area contributed by atoms with Crippen LogP contribution in [-0.4, -0.2) is 30.1 Å². The van der Waals surface area contributed by atoms with Gasteiger partial charge in [-0.1, -0.05) is 48.5 Å². The number of esters is 1. The number of benzene rings is 2. The molecule has 0 aliphatic carbocycles. The van der Waals surface area contributed by atoms with Gasteiger partial charge >= 0.3 is 5.97 Å². The highest BCUT2D eigenvalue weighted by molar-refractivity contribution is 5.84. The summed E-state index contributed by atoms with van der Waals surface area (Å²) in [6.45, 7) is 1.37. The molecule has 3 aromatic rings. The largest absolute Gasteiger partial charge is 0.461 e. The summed E-state index contributed by atoms with van der Waals surface area (Å²) in [5, 5.41) is 3.38. The number of ether oxygens (including phenoxy) is 1. The van der Waals surface area contributed by atoms with E-state index in [4.69, 9.17) is 4.74 Å². The molecule has 2 aromatic carbocycles. The maximum atomic E-state index is 11.8. The first-order chi connectivity index (χ1) is 11.8. The number of rotatable bonds is 5. The normalized spacial score (nSPS) is 18.7. The predicted octanol–water partition coefficient (Wildman–Crippen LogP) is 2.18. The Hall–Kier alpha value is -2.59. The zero-order valence-corrected chi connectivity index (χ0v) is 13.4. The van der Waals surface area contributed by atoms with Crippen molar-refractivity contribution in [1.29, 1.82) is 0 Å². The summed E-state index contributed by atoms with van der Waals surface area (Å²) in [5.41, 5.74) is 3.69. The van der Waals surface area contributed by atoms with Gasteiger partial charge in [0, 0.05) is 23.5 Å². The first-order valence-electron chi connectivity index (χ1n) is 8.44. The maximum absolute atomic E-state index is 11.8. The molecule has 4 nitrogen and oxygen atoms in total. The van der Waals surface area contributed by atoms with Gasteiger partial charge in [-0.05, 0) is 17.2 Å². The van der Waals surface area contributed by atoms with Gasteiger partial charge in [0.2, 0.25) is 0 Å². The Morgan fingerprint density at radius 2 is 1.92 bits per heavy atom. The van der Waals surface area contributed by atoms with Crippen molar-refractivity contribution in [2.24, 2.45) is 0 Å². The Bertz CT molecular complexity index is 841. The topological polar surface area (TPSA) is 58.7 Å². The van der Waals surface area contributed by atoms with E-state index < -0.39 is 0 Å². The van der Waals surface area contributed by atoms with E-state index in [0.717, 1.165) is 18.5 Å². The lowest BCUT2D eigenvalue weighted by Gasteiger charge is -2.17. The average molecular weight is 321 g/mol. The Kier molecular flexibility index (Phi) is 4.05. The zero-order valence-electron chi connectivity index (χ0n) is 13.4. The lowest BCUT2D eigenvalue weighted by atomic mass is 9.90. The average Bonchev–Trinajstić information content (AvgIpc) is 3.23. The van der Waals surface area contributed by atoms with Gasteiger partial charge in [0.1, 0.15) is 0 Å². The van der Waals surface area contributed by atoms with Gasteiger partial charge in [-0.15, -0.1) is 0 Å². The van der Waals surface area contributed by atoms with Gasteiger partial charge < -0.3 is 15.0 Å². The molecule has 0 amide bonds. The van der Waals surface area contributed by atoms with Crippen molar-refractivity contribution in [1.82, 2.24) is 4.98 Å². The fraction of sp³-hybridized carbons (Fsp3) is 0.250. The summed E-state index contributed by atoms with van der Waals surface area (Å²) in [6.07, 6.45) is 2.90. The molecule has 4 rings (SSSR count). The molecule has 1 saturated heterocycles. The Balaban J connectivity index is 1.67. The lowest BCUT2D eigenvalue weighted by molar-refractivity contribution is -0.677. The van der Waals surface area contributed by atoms with Gasteiger partial charge in [-0.25, -0.2) is 4.79 Å². The number of hydrogen-bond donors (Lipinski definition) is 2. The number of fused-ring (bicyclic) bond motifs is 1. The highest BCUT2D eigenvalue weighted by Crippen LogP contribution is 2.29. The SMILES string of the molecule is O=C1OCC[C@@H]1[NH2+]C[C@@H](c1ccccc1)c1c[nH]c2ccccc12. The summed E-state index contributed by atoms with van der Waals surface area (Å²) < 4.78 is 5.09. The standard InChI is InChI=1S/C20H20N2O2/c23-20-19(10-11-24-20)22-12-16(14-6-2-1-3-7-14)17-13-21-18-9-5-4-8-15(17)18/h1-9,13,16,19,21-22H,10-12H2/p+1/t16-,19-/m0/s1. The molecule has 1 aliphatic rings. The summed E-state index contributed by atoms with van der Waals surface area (Å²) in [4.78, 5) is 15.1. The third kappa shape index (κ3) is 2.81. The number of aromatic nitrogens is 1. The smallest absolute Gasteiger partial charge is 0.364 e. The van der Waals surface area contributed by atoms with Crippen molar-refractivity contribution in [2.75, 3.05) is 13.2 Å². The number of carbonyl (C=O) groups excluding carboxylic acids is 1. The van der Waals surface area contributed by atoms with Crippen LogP contribution in [0.15, 0.2) is 60.8 Å². The molecule has 3 N–H and O–H groups in total. The van der Waals surface area contributed by atoms with Crippen LogP contribution < -0.4 is 5.32 Å². The molecule has 1 aromatic heterocycles. The van der Waals surface area contributed by atoms with Crippen LogP contribution in [0, 0.1) is 0 Å². The van der Waals surface area contributed by atoms with Crippen molar-refractivity contribution in [3.63, 3.8) is 0 Å². The number of nitrogens with two attached hydrogens (primary N) is 1. The van der Waals surface area contributed by atoms with Gasteiger partial charge in [-0.3, -0.25) is 0 Å². The molecule has 2 heterocycles. The van der Waals surface area contributed by atoms with Crippen molar-refractivity contribution in [3.8, 4) is 0 Å². The van der Waals surface area contributed by atoms with Gasteiger partial charge in [0.05, 0.1) is 19.1 Å². The molecular weight excluding hydrogens is 300 g/mol. The Morgan fingerprint density at radius 3 is 2.71 bits per heavy atom. The number of aromatic amines is 1. The van der Waals surface area contributed by atoms with E-state index in [0.29, 0.717) is 6.61 Å². The molecule has 1 aliphatic heterocycles. The second-order valence-electron chi connectivity index (χ2n) is 6.29. The van der Waals surface area contributed by atoms with Crippen LogP contribution in [0.3, 0.4) is 0 Å². The summed E-state index contributed by atoms with van der Waals surface area (Å²) >= 11 is 0. The molecule has 0 saturated carbocycles. The molecule has 0 radical (unpaired) electrons. The first kappa shape index (κ1) is 15.0. The van der Waals surface area contributed by atoms with Crippen molar-refractivity contribution in [2.45, 2.75) is 18.4 Å².